The average Bonchev–Trinajstić information content (AvgIpc) is 2.82. The molecule has 2 rings (SSSR count). The van der Waals surface area contributed by atoms with Gasteiger partial charge in [0.2, 0.25) is 0 Å². The van der Waals surface area contributed by atoms with Crippen LogP contribution < -0.4 is 0 Å². The summed E-state index contributed by atoms with van der Waals surface area (Å²) in [5.74, 6) is -0.344. The fourth-order valence-electron chi connectivity index (χ4n) is 1.45. The molecule has 0 aliphatic rings. The molecule has 0 spiro atoms. The number of hydrogen-bond acceptors (Lipinski definition) is 5. The molecule has 0 saturated heterocycles. The van der Waals surface area contributed by atoms with Crippen LogP contribution in [0.5, 0.6) is 0 Å². The monoisotopic (exact) mass is 310 g/mol. The summed E-state index contributed by atoms with van der Waals surface area (Å²) in [6.45, 7) is 3.92. The van der Waals surface area contributed by atoms with Crippen LogP contribution in [0.25, 0.3) is 11.5 Å². The Kier molecular flexibility index (Phi) is 3.76. The molecule has 0 saturated carbocycles. The van der Waals surface area contributed by atoms with Crippen molar-refractivity contribution in [3.8, 4) is 11.5 Å². The molecule has 0 N–H and O–H groups in total. The third-order valence-corrected chi connectivity index (χ3v) is 3.24. The third kappa shape index (κ3) is 2.43. The predicted octanol–water partition coefficient (Wildman–Crippen LogP) is 2.98. The highest BCUT2D eigenvalue weighted by molar-refractivity contribution is 9.10. The number of hydrogen-bond donors (Lipinski definition) is 0. The normalized spacial score (nSPS) is 10.4. The molecule has 2 aromatic rings. The lowest BCUT2D eigenvalue weighted by Gasteiger charge is -2.01. The second kappa shape index (κ2) is 5.30. The van der Waals surface area contributed by atoms with Crippen molar-refractivity contribution >= 4 is 21.9 Å². The SMILES string of the molecule is CCOC(=O)c1noc(-c2cccc(Br)c2C)n1. The van der Waals surface area contributed by atoms with Crippen molar-refractivity contribution in [3.63, 3.8) is 0 Å². The fraction of sp³-hybridized carbons (Fsp3) is 0.250. The van der Waals surface area contributed by atoms with Crippen molar-refractivity contribution in [2.45, 2.75) is 13.8 Å². The molecule has 0 aliphatic heterocycles. The Morgan fingerprint density at radius 2 is 2.28 bits per heavy atom. The predicted molar refractivity (Wildman–Crippen MR) is 68.1 cm³/mol. The van der Waals surface area contributed by atoms with Crippen LogP contribution in [0.1, 0.15) is 23.1 Å². The van der Waals surface area contributed by atoms with Gasteiger partial charge in [-0.2, -0.15) is 4.98 Å². The lowest BCUT2D eigenvalue weighted by molar-refractivity contribution is 0.0508. The Bertz CT molecular complexity index is 580. The molecule has 0 bridgehead atoms. The smallest absolute Gasteiger partial charge is 0.379 e. The van der Waals surface area contributed by atoms with Gasteiger partial charge in [0.1, 0.15) is 0 Å². The largest absolute Gasteiger partial charge is 0.460 e. The minimum absolute atomic E-state index is 0.0637. The van der Waals surface area contributed by atoms with E-state index >= 15 is 0 Å². The Morgan fingerprint density at radius 3 is 3.00 bits per heavy atom. The molecule has 5 nitrogen and oxygen atoms in total. The molecule has 6 heteroatoms. The number of nitrogens with zero attached hydrogens (tertiary/aromatic N) is 2. The maximum absolute atomic E-state index is 11.4. The molecule has 18 heavy (non-hydrogen) atoms. The van der Waals surface area contributed by atoms with Gasteiger partial charge in [-0.3, -0.25) is 0 Å². The van der Waals surface area contributed by atoms with E-state index in [-0.39, 0.29) is 12.4 Å². The Morgan fingerprint density at radius 1 is 1.50 bits per heavy atom. The summed E-state index contributed by atoms with van der Waals surface area (Å²) in [6, 6.07) is 5.63. The van der Waals surface area contributed by atoms with Gasteiger partial charge in [-0.1, -0.05) is 22.0 Å². The van der Waals surface area contributed by atoms with Crippen molar-refractivity contribution in [1.29, 1.82) is 0 Å². The number of carbonyl (C=O) groups excluding carboxylic acids is 1. The highest BCUT2D eigenvalue weighted by Crippen LogP contribution is 2.27. The summed E-state index contributed by atoms with van der Waals surface area (Å²) < 4.78 is 10.8. The molecular weight excluding hydrogens is 300 g/mol. The Hall–Kier alpha value is -1.69. The number of halogens is 1. The van der Waals surface area contributed by atoms with Crippen molar-refractivity contribution in [3.05, 3.63) is 34.1 Å². The summed E-state index contributed by atoms with van der Waals surface area (Å²) >= 11 is 3.42. The van der Waals surface area contributed by atoms with Crippen molar-refractivity contribution in [1.82, 2.24) is 10.1 Å². The van der Waals surface area contributed by atoms with Crippen molar-refractivity contribution in [2.75, 3.05) is 6.61 Å². The first-order chi connectivity index (χ1) is 8.63. The van der Waals surface area contributed by atoms with Gasteiger partial charge in [0.25, 0.3) is 11.7 Å². The number of rotatable bonds is 3. The van der Waals surface area contributed by atoms with E-state index in [1.165, 1.54) is 0 Å². The molecule has 1 aromatic carbocycles. The topological polar surface area (TPSA) is 65.2 Å². The van der Waals surface area contributed by atoms with Gasteiger partial charge in [0.05, 0.1) is 6.61 Å². The van der Waals surface area contributed by atoms with Gasteiger partial charge in [-0.25, -0.2) is 4.79 Å². The van der Waals surface area contributed by atoms with Crippen LogP contribution in [0.3, 0.4) is 0 Å². The maximum atomic E-state index is 11.4. The van der Waals surface area contributed by atoms with E-state index in [0.717, 1.165) is 15.6 Å². The van der Waals surface area contributed by atoms with Gasteiger partial charge in [-0.05, 0) is 36.7 Å². The van der Waals surface area contributed by atoms with Crippen LogP contribution in [0.4, 0.5) is 0 Å². The standard InChI is InChI=1S/C12H11BrN2O3/c1-3-17-12(16)10-14-11(18-15-10)8-5-4-6-9(13)7(8)2/h4-6H,3H2,1-2H3. The molecular formula is C12H11BrN2O3. The first-order valence-corrected chi connectivity index (χ1v) is 6.19. The number of esters is 1. The van der Waals surface area contributed by atoms with Crippen LogP contribution in [0, 0.1) is 6.92 Å². The van der Waals surface area contributed by atoms with E-state index in [0.29, 0.717) is 5.89 Å². The van der Waals surface area contributed by atoms with Crippen LogP contribution >= 0.6 is 15.9 Å². The number of carbonyl (C=O) groups is 1. The lowest BCUT2D eigenvalue weighted by atomic mass is 10.1. The Labute approximate surface area is 112 Å². The van der Waals surface area contributed by atoms with E-state index < -0.39 is 5.97 Å². The zero-order valence-corrected chi connectivity index (χ0v) is 11.5. The minimum atomic E-state index is -0.583. The summed E-state index contributed by atoms with van der Waals surface area (Å²) in [4.78, 5) is 15.5. The van der Waals surface area contributed by atoms with Gasteiger partial charge in [0, 0.05) is 10.0 Å². The maximum Gasteiger partial charge on any atom is 0.379 e. The van der Waals surface area contributed by atoms with E-state index in [1.54, 1.807) is 6.92 Å². The highest BCUT2D eigenvalue weighted by atomic mass is 79.9. The fourth-order valence-corrected chi connectivity index (χ4v) is 1.82. The molecule has 0 fully saturated rings. The second-order valence-electron chi connectivity index (χ2n) is 3.56. The van der Waals surface area contributed by atoms with Crippen molar-refractivity contribution < 1.29 is 14.1 Å². The summed E-state index contributed by atoms with van der Waals surface area (Å²) in [6.07, 6.45) is 0. The lowest BCUT2D eigenvalue weighted by Crippen LogP contribution is -2.06. The van der Waals surface area contributed by atoms with Gasteiger partial charge < -0.3 is 9.26 Å². The van der Waals surface area contributed by atoms with Gasteiger partial charge in [0.15, 0.2) is 0 Å². The van der Waals surface area contributed by atoms with E-state index in [2.05, 4.69) is 26.1 Å². The van der Waals surface area contributed by atoms with Crippen LogP contribution in [0.2, 0.25) is 0 Å². The molecule has 1 heterocycles. The quantitative estimate of drug-likeness (QED) is 0.815. The minimum Gasteiger partial charge on any atom is -0.460 e. The summed E-state index contributed by atoms with van der Waals surface area (Å²) in [5.41, 5.74) is 1.75. The molecule has 94 valence electrons. The molecule has 0 amide bonds. The zero-order valence-electron chi connectivity index (χ0n) is 9.94. The first kappa shape index (κ1) is 12.8. The van der Waals surface area contributed by atoms with E-state index in [4.69, 9.17) is 9.26 Å². The second-order valence-corrected chi connectivity index (χ2v) is 4.41. The average molecular weight is 311 g/mol. The van der Waals surface area contributed by atoms with Crippen LogP contribution in [0.15, 0.2) is 27.2 Å². The number of ether oxygens (including phenoxy) is 1. The molecule has 0 radical (unpaired) electrons. The number of benzene rings is 1. The Balaban J connectivity index is 2.35. The van der Waals surface area contributed by atoms with Gasteiger partial charge in [-0.15, -0.1) is 0 Å². The zero-order chi connectivity index (χ0) is 13.1. The summed E-state index contributed by atoms with van der Waals surface area (Å²) in [7, 11) is 0. The van der Waals surface area contributed by atoms with Crippen LogP contribution in [-0.2, 0) is 4.74 Å². The molecule has 0 atom stereocenters. The molecule has 0 unspecified atom stereocenters. The van der Waals surface area contributed by atoms with Gasteiger partial charge >= 0.3 is 5.97 Å². The van der Waals surface area contributed by atoms with Crippen molar-refractivity contribution in [2.24, 2.45) is 0 Å². The number of aromatic nitrogens is 2. The van der Waals surface area contributed by atoms with Crippen LogP contribution in [-0.4, -0.2) is 22.7 Å². The summed E-state index contributed by atoms with van der Waals surface area (Å²) in [5, 5.41) is 3.61. The molecule has 0 aliphatic carbocycles. The first-order valence-electron chi connectivity index (χ1n) is 5.39. The van der Waals surface area contributed by atoms with E-state index in [9.17, 15) is 4.79 Å². The van der Waals surface area contributed by atoms with E-state index in [1.807, 2.05) is 25.1 Å². The molecule has 1 aromatic heterocycles. The highest BCUT2D eigenvalue weighted by Gasteiger charge is 2.18. The third-order valence-electron chi connectivity index (χ3n) is 2.38.